The minimum atomic E-state index is 0.201. The Hall–Kier alpha value is -0.870. The zero-order chi connectivity index (χ0) is 13.6. The Bertz CT molecular complexity index is 465. The fraction of sp³-hybridized carbons (Fsp3) is 0.667. The Balaban J connectivity index is 1.73. The molecule has 0 aliphatic carbocycles. The molecule has 0 saturated carbocycles. The van der Waals surface area contributed by atoms with Gasteiger partial charge in [0, 0.05) is 30.1 Å². The lowest BCUT2D eigenvalue weighted by Gasteiger charge is -2.35. The highest BCUT2D eigenvalue weighted by Crippen LogP contribution is 2.30. The van der Waals surface area contributed by atoms with Crippen molar-refractivity contribution >= 4 is 17.2 Å². The molecule has 0 spiro atoms. The zero-order valence-corrected chi connectivity index (χ0v) is 12.7. The molecule has 2 bridgehead atoms. The highest BCUT2D eigenvalue weighted by atomic mass is 32.1. The molecular formula is C15H22N2OS. The van der Waals surface area contributed by atoms with Crippen molar-refractivity contribution in [2.75, 3.05) is 7.05 Å². The second kappa shape index (κ2) is 4.91. The lowest BCUT2D eigenvalue weighted by molar-refractivity contribution is 0.0686. The molecular weight excluding hydrogens is 256 g/mol. The van der Waals surface area contributed by atoms with Gasteiger partial charge >= 0.3 is 0 Å². The average molecular weight is 278 g/mol. The van der Waals surface area contributed by atoms with Crippen LogP contribution in [0, 0.1) is 13.8 Å². The molecule has 0 aromatic carbocycles. The highest BCUT2D eigenvalue weighted by Gasteiger charge is 2.36. The molecule has 3 heterocycles. The van der Waals surface area contributed by atoms with Crippen molar-refractivity contribution < 1.29 is 4.79 Å². The van der Waals surface area contributed by atoms with Crippen molar-refractivity contribution in [3.8, 4) is 0 Å². The van der Waals surface area contributed by atoms with Crippen LogP contribution in [0.4, 0.5) is 0 Å². The number of thiophene rings is 1. The van der Waals surface area contributed by atoms with E-state index in [0.29, 0.717) is 18.1 Å². The van der Waals surface area contributed by atoms with Gasteiger partial charge in [0.15, 0.2) is 0 Å². The molecule has 1 N–H and O–H groups in total. The van der Waals surface area contributed by atoms with Crippen LogP contribution in [0.1, 0.15) is 45.8 Å². The smallest absolute Gasteiger partial charge is 0.263 e. The summed E-state index contributed by atoms with van der Waals surface area (Å²) >= 11 is 1.63. The molecule has 2 atom stereocenters. The van der Waals surface area contributed by atoms with Gasteiger partial charge in [-0.2, -0.15) is 0 Å². The second-order valence-electron chi connectivity index (χ2n) is 6.03. The number of carbonyl (C=O) groups excluding carboxylic acids is 1. The summed E-state index contributed by atoms with van der Waals surface area (Å²) < 4.78 is 0. The van der Waals surface area contributed by atoms with Crippen LogP contribution in [0.15, 0.2) is 6.07 Å². The third-order valence-corrected chi connectivity index (χ3v) is 5.83. The SMILES string of the molecule is Cc1cc(C(=O)N(C)C2CC3CCC(C2)N3)sc1C. The van der Waals surface area contributed by atoms with Gasteiger partial charge in [-0.3, -0.25) is 4.79 Å². The van der Waals surface area contributed by atoms with Crippen LogP contribution in [0.3, 0.4) is 0 Å². The predicted molar refractivity (Wildman–Crippen MR) is 78.9 cm³/mol. The van der Waals surface area contributed by atoms with Crippen LogP contribution >= 0.6 is 11.3 Å². The first-order valence-electron chi connectivity index (χ1n) is 7.15. The summed E-state index contributed by atoms with van der Waals surface area (Å²) in [5.74, 6) is 0.201. The Kier molecular flexibility index (Phi) is 3.39. The summed E-state index contributed by atoms with van der Waals surface area (Å²) in [5.41, 5.74) is 1.23. The number of carbonyl (C=O) groups is 1. The van der Waals surface area contributed by atoms with Crippen molar-refractivity contribution in [1.82, 2.24) is 10.2 Å². The van der Waals surface area contributed by atoms with E-state index in [9.17, 15) is 4.79 Å². The first-order chi connectivity index (χ1) is 9.04. The lowest BCUT2D eigenvalue weighted by Crippen LogP contribution is -2.48. The van der Waals surface area contributed by atoms with Gasteiger partial charge in [-0.15, -0.1) is 11.3 Å². The number of fused-ring (bicyclic) bond motifs is 2. The normalized spacial score (nSPS) is 29.5. The molecule has 3 nitrogen and oxygen atoms in total. The van der Waals surface area contributed by atoms with E-state index in [-0.39, 0.29) is 5.91 Å². The van der Waals surface area contributed by atoms with Gasteiger partial charge < -0.3 is 10.2 Å². The molecule has 1 amide bonds. The number of rotatable bonds is 2. The van der Waals surface area contributed by atoms with Gasteiger partial charge in [0.05, 0.1) is 4.88 Å². The van der Waals surface area contributed by atoms with Gasteiger partial charge in [0.2, 0.25) is 0 Å². The van der Waals surface area contributed by atoms with Gasteiger partial charge in [-0.05, 0) is 51.2 Å². The van der Waals surface area contributed by atoms with Crippen molar-refractivity contribution in [3.05, 3.63) is 21.4 Å². The second-order valence-corrected chi connectivity index (χ2v) is 7.29. The van der Waals surface area contributed by atoms with E-state index in [0.717, 1.165) is 17.7 Å². The summed E-state index contributed by atoms with van der Waals surface area (Å²) in [6.07, 6.45) is 4.78. The van der Waals surface area contributed by atoms with Crippen molar-refractivity contribution in [1.29, 1.82) is 0 Å². The van der Waals surface area contributed by atoms with Crippen LogP contribution in [0.5, 0.6) is 0 Å². The quantitative estimate of drug-likeness (QED) is 0.902. The molecule has 3 rings (SSSR count). The first kappa shape index (κ1) is 13.1. The molecule has 0 radical (unpaired) electrons. The number of aryl methyl sites for hydroxylation is 2. The number of hydrogen-bond acceptors (Lipinski definition) is 3. The standard InChI is InChI=1S/C15H22N2OS/c1-9-6-14(19-10(9)2)15(18)17(3)13-7-11-4-5-12(8-13)16-11/h6,11-13,16H,4-5,7-8H2,1-3H3. The predicted octanol–water partition coefficient (Wildman–Crippen LogP) is 2.72. The van der Waals surface area contributed by atoms with E-state index in [4.69, 9.17) is 0 Å². The van der Waals surface area contributed by atoms with Gasteiger partial charge in [-0.25, -0.2) is 0 Å². The Labute approximate surface area is 119 Å². The van der Waals surface area contributed by atoms with Crippen LogP contribution in [-0.2, 0) is 0 Å². The maximum atomic E-state index is 12.6. The zero-order valence-electron chi connectivity index (χ0n) is 11.9. The molecule has 19 heavy (non-hydrogen) atoms. The molecule has 2 unspecified atom stereocenters. The molecule has 2 aliphatic heterocycles. The Morgan fingerprint density at radius 1 is 1.32 bits per heavy atom. The van der Waals surface area contributed by atoms with Gasteiger partial charge in [0.25, 0.3) is 5.91 Å². The summed E-state index contributed by atoms with van der Waals surface area (Å²) in [7, 11) is 1.97. The molecule has 2 aliphatic rings. The molecule has 1 aromatic rings. The summed E-state index contributed by atoms with van der Waals surface area (Å²) in [5, 5.41) is 3.63. The summed E-state index contributed by atoms with van der Waals surface area (Å²) in [6, 6.07) is 3.71. The lowest BCUT2D eigenvalue weighted by atomic mass is 9.98. The minimum absolute atomic E-state index is 0.201. The highest BCUT2D eigenvalue weighted by molar-refractivity contribution is 7.14. The average Bonchev–Trinajstić information content (AvgIpc) is 2.91. The Morgan fingerprint density at radius 2 is 1.95 bits per heavy atom. The van der Waals surface area contributed by atoms with Crippen molar-refractivity contribution in [3.63, 3.8) is 0 Å². The molecule has 104 valence electrons. The van der Waals surface area contributed by atoms with Gasteiger partial charge in [-0.1, -0.05) is 0 Å². The van der Waals surface area contributed by atoms with E-state index in [1.807, 2.05) is 18.0 Å². The molecule has 4 heteroatoms. The fourth-order valence-corrected chi connectivity index (χ4v) is 4.38. The molecule has 2 fully saturated rings. The number of hydrogen-bond donors (Lipinski definition) is 1. The monoisotopic (exact) mass is 278 g/mol. The minimum Gasteiger partial charge on any atom is -0.338 e. The number of piperidine rings is 1. The maximum absolute atomic E-state index is 12.6. The first-order valence-corrected chi connectivity index (χ1v) is 7.96. The maximum Gasteiger partial charge on any atom is 0.263 e. The van der Waals surface area contributed by atoms with E-state index in [2.05, 4.69) is 19.2 Å². The topological polar surface area (TPSA) is 32.3 Å². The van der Waals surface area contributed by atoms with Crippen molar-refractivity contribution in [2.24, 2.45) is 0 Å². The van der Waals surface area contributed by atoms with Crippen LogP contribution < -0.4 is 5.32 Å². The largest absolute Gasteiger partial charge is 0.338 e. The molecule has 1 aromatic heterocycles. The van der Waals surface area contributed by atoms with E-state index < -0.39 is 0 Å². The summed E-state index contributed by atoms with van der Waals surface area (Å²) in [4.78, 5) is 16.7. The van der Waals surface area contributed by atoms with Gasteiger partial charge in [0.1, 0.15) is 0 Å². The van der Waals surface area contributed by atoms with E-state index in [1.165, 1.54) is 23.3 Å². The summed E-state index contributed by atoms with van der Waals surface area (Å²) in [6.45, 7) is 4.16. The van der Waals surface area contributed by atoms with Crippen LogP contribution in [-0.4, -0.2) is 36.0 Å². The molecule has 2 saturated heterocycles. The number of amides is 1. The van der Waals surface area contributed by atoms with Crippen LogP contribution in [0.2, 0.25) is 0 Å². The van der Waals surface area contributed by atoms with E-state index >= 15 is 0 Å². The Morgan fingerprint density at radius 3 is 2.47 bits per heavy atom. The number of nitrogens with zero attached hydrogens (tertiary/aromatic N) is 1. The number of nitrogens with one attached hydrogen (secondary N) is 1. The third kappa shape index (κ3) is 2.43. The fourth-order valence-electron chi connectivity index (χ4n) is 3.36. The third-order valence-electron chi connectivity index (χ3n) is 4.69. The van der Waals surface area contributed by atoms with Crippen molar-refractivity contribution in [2.45, 2.75) is 57.7 Å². The van der Waals surface area contributed by atoms with Crippen LogP contribution in [0.25, 0.3) is 0 Å². The van der Waals surface area contributed by atoms with E-state index in [1.54, 1.807) is 11.3 Å².